The largest absolute Gasteiger partial charge is 0.324 e. The second-order valence-corrected chi connectivity index (χ2v) is 8.51. The predicted molar refractivity (Wildman–Crippen MR) is 127 cm³/mol. The summed E-state index contributed by atoms with van der Waals surface area (Å²) in [5, 5.41) is 0. The van der Waals surface area contributed by atoms with E-state index in [0.717, 1.165) is 59.7 Å². The molecular weight excluding hydrogens is 429 g/mol. The molecule has 0 bridgehead atoms. The molecule has 1 fully saturated rings. The summed E-state index contributed by atoms with van der Waals surface area (Å²) in [5.74, 6) is -0.266. The topological polar surface area (TPSA) is 72.6 Å². The van der Waals surface area contributed by atoms with Crippen LogP contribution >= 0.6 is 0 Å². The molecule has 8 heteroatoms. The maximum Gasteiger partial charge on any atom is 0.123 e. The van der Waals surface area contributed by atoms with Crippen molar-refractivity contribution in [2.75, 3.05) is 13.1 Å². The van der Waals surface area contributed by atoms with Crippen LogP contribution in [0.3, 0.4) is 0 Å². The fourth-order valence-corrected chi connectivity index (χ4v) is 4.69. The fraction of sp³-hybridized carbons (Fsp3) is 0.192. The van der Waals surface area contributed by atoms with E-state index in [9.17, 15) is 4.39 Å². The molecule has 168 valence electrons. The zero-order chi connectivity index (χ0) is 22.9. The van der Waals surface area contributed by atoms with Gasteiger partial charge >= 0.3 is 0 Å². The van der Waals surface area contributed by atoms with Gasteiger partial charge in [-0.05, 0) is 54.4 Å². The monoisotopic (exact) mass is 451 g/mol. The Hall–Kier alpha value is -4.04. The Morgan fingerprint density at radius 1 is 0.882 bits per heavy atom. The SMILES string of the molecule is Fc1ccc(-c2ncn(C3CCN(Cc4ccc5nccnc5c4)C3)c2-c2ccncn2)cc1. The average Bonchev–Trinajstić information content (AvgIpc) is 3.52. The highest BCUT2D eigenvalue weighted by Crippen LogP contribution is 2.35. The third-order valence-electron chi connectivity index (χ3n) is 6.32. The van der Waals surface area contributed by atoms with Gasteiger partial charge in [-0.25, -0.2) is 19.3 Å². The summed E-state index contributed by atoms with van der Waals surface area (Å²) >= 11 is 0. The van der Waals surface area contributed by atoms with Crippen molar-refractivity contribution in [2.45, 2.75) is 19.0 Å². The fourth-order valence-electron chi connectivity index (χ4n) is 4.69. The van der Waals surface area contributed by atoms with Gasteiger partial charge in [0.1, 0.15) is 12.1 Å². The van der Waals surface area contributed by atoms with Crippen LogP contribution in [0.5, 0.6) is 0 Å². The molecule has 4 heterocycles. The minimum atomic E-state index is -0.266. The van der Waals surface area contributed by atoms with Crippen LogP contribution in [0.2, 0.25) is 0 Å². The number of rotatable bonds is 5. The summed E-state index contributed by atoms with van der Waals surface area (Å²) < 4.78 is 15.7. The number of hydrogen-bond acceptors (Lipinski definition) is 6. The van der Waals surface area contributed by atoms with Crippen LogP contribution in [0.15, 0.2) is 79.8 Å². The number of halogens is 1. The zero-order valence-corrected chi connectivity index (χ0v) is 18.4. The van der Waals surface area contributed by atoms with Crippen molar-refractivity contribution >= 4 is 11.0 Å². The van der Waals surface area contributed by atoms with Gasteiger partial charge in [-0.2, -0.15) is 0 Å². The smallest absolute Gasteiger partial charge is 0.123 e. The highest BCUT2D eigenvalue weighted by molar-refractivity contribution is 5.77. The van der Waals surface area contributed by atoms with Crippen LogP contribution in [0.25, 0.3) is 33.7 Å². The van der Waals surface area contributed by atoms with Crippen LogP contribution in [-0.2, 0) is 6.54 Å². The Morgan fingerprint density at radius 2 is 1.74 bits per heavy atom. The van der Waals surface area contributed by atoms with Gasteiger partial charge < -0.3 is 4.57 Å². The minimum absolute atomic E-state index is 0.256. The van der Waals surface area contributed by atoms with Crippen LogP contribution in [0, 0.1) is 5.82 Å². The third kappa shape index (κ3) is 3.92. The van der Waals surface area contributed by atoms with E-state index in [0.29, 0.717) is 0 Å². The second kappa shape index (κ2) is 8.72. The lowest BCUT2D eigenvalue weighted by Gasteiger charge is -2.19. The van der Waals surface area contributed by atoms with E-state index in [1.807, 2.05) is 18.5 Å². The number of hydrogen-bond donors (Lipinski definition) is 0. The molecule has 34 heavy (non-hydrogen) atoms. The Bertz CT molecular complexity index is 1430. The number of aromatic nitrogens is 6. The Labute approximate surface area is 196 Å². The van der Waals surface area contributed by atoms with Crippen LogP contribution < -0.4 is 0 Å². The Kier molecular flexibility index (Phi) is 5.27. The highest BCUT2D eigenvalue weighted by atomic mass is 19.1. The van der Waals surface area contributed by atoms with Gasteiger partial charge in [-0.15, -0.1) is 0 Å². The van der Waals surface area contributed by atoms with Crippen molar-refractivity contribution in [3.05, 3.63) is 91.2 Å². The molecule has 7 nitrogen and oxygen atoms in total. The lowest BCUT2D eigenvalue weighted by Crippen LogP contribution is -2.21. The summed E-state index contributed by atoms with van der Waals surface area (Å²) in [6.07, 6.45) is 9.61. The first-order chi connectivity index (χ1) is 16.7. The highest BCUT2D eigenvalue weighted by Gasteiger charge is 2.28. The van der Waals surface area contributed by atoms with Crippen molar-refractivity contribution in [3.63, 3.8) is 0 Å². The van der Waals surface area contributed by atoms with Gasteiger partial charge in [-0.1, -0.05) is 6.07 Å². The molecule has 1 saturated heterocycles. The molecule has 6 rings (SSSR count). The molecule has 1 unspecified atom stereocenters. The molecule has 0 spiro atoms. The van der Waals surface area contributed by atoms with E-state index >= 15 is 0 Å². The van der Waals surface area contributed by atoms with Crippen molar-refractivity contribution in [1.29, 1.82) is 0 Å². The lowest BCUT2D eigenvalue weighted by molar-refractivity contribution is 0.316. The first-order valence-electron chi connectivity index (χ1n) is 11.3. The molecule has 1 aliphatic rings. The number of imidazole rings is 1. The van der Waals surface area contributed by atoms with Crippen LogP contribution in [0.4, 0.5) is 4.39 Å². The van der Waals surface area contributed by atoms with Gasteiger partial charge in [-0.3, -0.25) is 14.9 Å². The summed E-state index contributed by atoms with van der Waals surface area (Å²) in [6.45, 7) is 2.73. The molecule has 0 amide bonds. The van der Waals surface area contributed by atoms with E-state index < -0.39 is 0 Å². The molecule has 0 N–H and O–H groups in total. The molecule has 0 radical (unpaired) electrons. The third-order valence-corrected chi connectivity index (χ3v) is 6.32. The zero-order valence-electron chi connectivity index (χ0n) is 18.4. The average molecular weight is 452 g/mol. The first kappa shape index (κ1) is 20.6. The quantitative estimate of drug-likeness (QED) is 0.391. The summed E-state index contributed by atoms with van der Waals surface area (Å²) in [6, 6.07) is 14.9. The van der Waals surface area contributed by atoms with E-state index in [4.69, 9.17) is 4.98 Å². The van der Waals surface area contributed by atoms with Crippen molar-refractivity contribution in [3.8, 4) is 22.6 Å². The summed E-state index contributed by atoms with van der Waals surface area (Å²) in [4.78, 5) is 24.5. The molecule has 5 aromatic rings. The lowest BCUT2D eigenvalue weighted by atomic mass is 10.1. The Morgan fingerprint density at radius 3 is 2.56 bits per heavy atom. The normalized spacial score (nSPS) is 16.3. The van der Waals surface area contributed by atoms with Gasteiger partial charge in [0, 0.05) is 49.8 Å². The standard InChI is InChI=1S/C26H22FN7/c27-20-4-2-19(3-5-20)25-26(23-7-9-28-16-31-23)34(17-32-25)21-8-12-33(15-21)14-18-1-6-22-24(13-18)30-11-10-29-22/h1-7,9-11,13,16-17,21H,8,12,14-15H2. The molecule has 1 aliphatic heterocycles. The second-order valence-electron chi connectivity index (χ2n) is 8.51. The molecule has 1 atom stereocenters. The molecular formula is C26H22FN7. The summed E-state index contributed by atoms with van der Waals surface area (Å²) in [7, 11) is 0. The van der Waals surface area contributed by atoms with Gasteiger partial charge in [0.05, 0.1) is 34.4 Å². The maximum atomic E-state index is 13.5. The minimum Gasteiger partial charge on any atom is -0.324 e. The van der Waals surface area contributed by atoms with E-state index in [-0.39, 0.29) is 11.9 Å². The van der Waals surface area contributed by atoms with Gasteiger partial charge in [0.25, 0.3) is 0 Å². The number of nitrogens with zero attached hydrogens (tertiary/aromatic N) is 7. The molecule has 0 aliphatic carbocycles. The number of likely N-dealkylation sites (tertiary alicyclic amines) is 1. The maximum absolute atomic E-state index is 13.5. The van der Waals surface area contributed by atoms with Crippen molar-refractivity contribution in [1.82, 2.24) is 34.4 Å². The number of benzene rings is 2. The van der Waals surface area contributed by atoms with Crippen LogP contribution in [0.1, 0.15) is 18.0 Å². The molecule has 0 saturated carbocycles. The van der Waals surface area contributed by atoms with E-state index in [1.54, 1.807) is 37.1 Å². The number of fused-ring (bicyclic) bond motifs is 1. The van der Waals surface area contributed by atoms with Gasteiger partial charge in [0.15, 0.2) is 0 Å². The first-order valence-corrected chi connectivity index (χ1v) is 11.3. The van der Waals surface area contributed by atoms with Gasteiger partial charge in [0.2, 0.25) is 0 Å². The summed E-state index contributed by atoms with van der Waals surface area (Å²) in [5.41, 5.74) is 6.45. The van der Waals surface area contributed by atoms with Crippen molar-refractivity contribution in [2.24, 2.45) is 0 Å². The predicted octanol–water partition coefficient (Wildman–Crippen LogP) is 4.54. The van der Waals surface area contributed by atoms with Crippen LogP contribution in [-0.4, -0.2) is 47.5 Å². The Balaban J connectivity index is 1.29. The molecule has 3 aromatic heterocycles. The van der Waals surface area contributed by atoms with Crippen molar-refractivity contribution < 1.29 is 4.39 Å². The van der Waals surface area contributed by atoms with E-state index in [1.165, 1.54) is 17.7 Å². The van der Waals surface area contributed by atoms with E-state index in [2.05, 4.69) is 41.5 Å². The molecule has 2 aromatic carbocycles.